The summed E-state index contributed by atoms with van der Waals surface area (Å²) in [7, 11) is 0. The van der Waals surface area contributed by atoms with Gasteiger partial charge >= 0.3 is 0 Å². The van der Waals surface area contributed by atoms with Crippen LogP contribution in [-0.4, -0.2) is 43.9 Å². The molecule has 1 aliphatic heterocycles. The summed E-state index contributed by atoms with van der Waals surface area (Å²) in [6.45, 7) is 5.18. The third kappa shape index (κ3) is 4.77. The largest absolute Gasteiger partial charge is 0.456 e. The van der Waals surface area contributed by atoms with E-state index in [2.05, 4.69) is 15.6 Å². The number of amides is 1. The lowest BCUT2D eigenvalue weighted by Gasteiger charge is -2.26. The van der Waals surface area contributed by atoms with Crippen LogP contribution in [0.15, 0.2) is 47.0 Å². The van der Waals surface area contributed by atoms with E-state index in [0.29, 0.717) is 48.8 Å². The summed E-state index contributed by atoms with van der Waals surface area (Å²) < 4.78 is 21.9. The average molecular weight is 454 g/mol. The van der Waals surface area contributed by atoms with Crippen LogP contribution in [0.2, 0.25) is 0 Å². The van der Waals surface area contributed by atoms with Crippen molar-refractivity contribution in [1.29, 1.82) is 0 Å². The number of aryl methyl sites for hydroxylation is 1. The molecule has 0 radical (unpaired) electrons. The van der Waals surface area contributed by atoms with Crippen molar-refractivity contribution in [1.82, 2.24) is 25.2 Å². The Balaban J connectivity index is 1.44. The van der Waals surface area contributed by atoms with Crippen LogP contribution in [0.1, 0.15) is 47.3 Å². The van der Waals surface area contributed by atoms with Crippen molar-refractivity contribution >= 4 is 28.7 Å². The summed E-state index contributed by atoms with van der Waals surface area (Å²) in [5.74, 6) is 0.538. The van der Waals surface area contributed by atoms with Gasteiger partial charge in [0.15, 0.2) is 5.76 Å². The lowest BCUT2D eigenvalue weighted by atomic mass is 9.98. The maximum atomic E-state index is 14.9. The molecule has 1 aromatic carbocycles. The Morgan fingerprint density at radius 1 is 1.31 bits per heavy atom. The van der Waals surface area contributed by atoms with E-state index in [1.807, 2.05) is 19.1 Å². The molecule has 1 amide bonds. The standard InChI is InChI=1S/C23H24FN5O2S/c1-3-22(32)25-13-17-14-29(27-26-17)18-5-6-19(20(24)12-18)16-8-10-28(11-9-16)23(30)21-7-4-15(2)31-21/h4-8,12,14H,3,9-11,13H2,1-2H3,(H,25,32). The zero-order valence-corrected chi connectivity index (χ0v) is 18.8. The molecule has 1 N–H and O–H groups in total. The molecule has 32 heavy (non-hydrogen) atoms. The van der Waals surface area contributed by atoms with Crippen molar-refractivity contribution in [2.45, 2.75) is 33.2 Å². The van der Waals surface area contributed by atoms with Crippen LogP contribution >= 0.6 is 12.2 Å². The number of aromatic nitrogens is 3. The van der Waals surface area contributed by atoms with Gasteiger partial charge in [0.25, 0.3) is 5.91 Å². The highest BCUT2D eigenvalue weighted by atomic mass is 32.1. The lowest BCUT2D eigenvalue weighted by Crippen LogP contribution is -2.34. The number of carbonyl (C=O) groups excluding carboxylic acids is 1. The summed E-state index contributed by atoms with van der Waals surface area (Å²) in [6.07, 6.45) is 4.98. The topological polar surface area (TPSA) is 76.2 Å². The first-order chi connectivity index (χ1) is 15.4. The highest BCUT2D eigenvalue weighted by Crippen LogP contribution is 2.27. The molecule has 0 unspecified atom stereocenters. The van der Waals surface area contributed by atoms with Crippen molar-refractivity contribution < 1.29 is 13.6 Å². The van der Waals surface area contributed by atoms with Crippen molar-refractivity contribution in [2.24, 2.45) is 0 Å². The predicted octanol–water partition coefficient (Wildman–Crippen LogP) is 4.06. The fourth-order valence-corrected chi connectivity index (χ4v) is 3.60. The van der Waals surface area contributed by atoms with E-state index < -0.39 is 0 Å². The molecule has 3 heterocycles. The normalized spacial score (nSPS) is 13.7. The number of thiocarbonyl (C=S) groups is 1. The highest BCUT2D eigenvalue weighted by Gasteiger charge is 2.22. The third-order valence-corrected chi connectivity index (χ3v) is 5.77. The molecule has 0 aliphatic carbocycles. The van der Waals surface area contributed by atoms with E-state index >= 15 is 0 Å². The Labute approximate surface area is 190 Å². The Hall–Kier alpha value is -3.33. The molecule has 0 fully saturated rings. The monoisotopic (exact) mass is 453 g/mol. The molecule has 0 spiro atoms. The number of rotatable bonds is 6. The molecule has 7 nitrogen and oxygen atoms in total. The number of hydrogen-bond acceptors (Lipinski definition) is 5. The first kappa shape index (κ1) is 21.9. The zero-order valence-electron chi connectivity index (χ0n) is 18.0. The zero-order chi connectivity index (χ0) is 22.7. The van der Waals surface area contributed by atoms with Crippen LogP contribution in [0.4, 0.5) is 4.39 Å². The van der Waals surface area contributed by atoms with E-state index in [-0.39, 0.29) is 11.7 Å². The Bertz CT molecular complexity index is 1180. The van der Waals surface area contributed by atoms with Gasteiger partial charge in [-0.15, -0.1) is 5.10 Å². The molecule has 1 aliphatic rings. The summed E-state index contributed by atoms with van der Waals surface area (Å²) in [4.78, 5) is 15.0. The van der Waals surface area contributed by atoms with Crippen molar-refractivity contribution in [3.63, 3.8) is 0 Å². The molecular weight excluding hydrogens is 429 g/mol. The van der Waals surface area contributed by atoms with Gasteiger partial charge in [-0.1, -0.05) is 30.4 Å². The number of halogens is 1. The van der Waals surface area contributed by atoms with Crippen LogP contribution in [0.25, 0.3) is 11.3 Å². The van der Waals surface area contributed by atoms with Gasteiger partial charge in [-0.05, 0) is 49.6 Å². The fourth-order valence-electron chi connectivity index (χ4n) is 3.53. The first-order valence-corrected chi connectivity index (χ1v) is 10.9. The van der Waals surface area contributed by atoms with E-state index in [9.17, 15) is 9.18 Å². The smallest absolute Gasteiger partial charge is 0.289 e. The van der Waals surface area contributed by atoms with Gasteiger partial charge in [0.05, 0.1) is 23.4 Å². The maximum Gasteiger partial charge on any atom is 0.289 e. The van der Waals surface area contributed by atoms with Gasteiger partial charge in [-0.3, -0.25) is 4.79 Å². The highest BCUT2D eigenvalue weighted by molar-refractivity contribution is 7.80. The molecule has 2 aromatic heterocycles. The molecule has 9 heteroatoms. The number of carbonyl (C=O) groups is 1. The van der Waals surface area contributed by atoms with E-state index in [1.54, 1.807) is 40.9 Å². The molecular formula is C23H24FN5O2S. The van der Waals surface area contributed by atoms with Gasteiger partial charge < -0.3 is 14.6 Å². The van der Waals surface area contributed by atoms with E-state index in [4.69, 9.17) is 16.6 Å². The molecule has 0 saturated carbocycles. The summed E-state index contributed by atoms with van der Waals surface area (Å²) in [5, 5.41) is 11.3. The molecule has 4 rings (SSSR count). The minimum Gasteiger partial charge on any atom is -0.456 e. The van der Waals surface area contributed by atoms with Gasteiger partial charge in [0.2, 0.25) is 0 Å². The van der Waals surface area contributed by atoms with Crippen LogP contribution in [0, 0.1) is 12.7 Å². The fraction of sp³-hybridized carbons (Fsp3) is 0.304. The third-order valence-electron chi connectivity index (χ3n) is 5.34. The molecule has 166 valence electrons. The quantitative estimate of drug-likeness (QED) is 0.567. The maximum absolute atomic E-state index is 14.9. The number of furan rings is 1. The summed E-state index contributed by atoms with van der Waals surface area (Å²) >= 11 is 5.15. The number of nitrogens with one attached hydrogen (secondary N) is 1. The second-order valence-electron chi connectivity index (χ2n) is 7.59. The Morgan fingerprint density at radius 2 is 2.16 bits per heavy atom. The van der Waals surface area contributed by atoms with Crippen LogP contribution < -0.4 is 5.32 Å². The lowest BCUT2D eigenvalue weighted by molar-refractivity contribution is 0.0739. The number of benzene rings is 1. The van der Waals surface area contributed by atoms with Crippen LogP contribution in [-0.2, 0) is 6.54 Å². The van der Waals surface area contributed by atoms with Crippen molar-refractivity contribution in [3.05, 3.63) is 71.2 Å². The first-order valence-electron chi connectivity index (χ1n) is 10.5. The number of hydrogen-bond donors (Lipinski definition) is 1. The molecule has 0 saturated heterocycles. The number of nitrogens with zero attached hydrogens (tertiary/aromatic N) is 4. The summed E-state index contributed by atoms with van der Waals surface area (Å²) in [5.41, 5.74) is 2.72. The van der Waals surface area contributed by atoms with E-state index in [0.717, 1.165) is 22.7 Å². The Kier molecular flexibility index (Phi) is 6.45. The van der Waals surface area contributed by atoms with Gasteiger partial charge in [0.1, 0.15) is 17.3 Å². The van der Waals surface area contributed by atoms with Gasteiger partial charge in [0, 0.05) is 24.7 Å². The van der Waals surface area contributed by atoms with Crippen molar-refractivity contribution in [2.75, 3.05) is 13.1 Å². The minimum absolute atomic E-state index is 0.152. The molecule has 0 atom stereocenters. The average Bonchev–Trinajstić information content (AvgIpc) is 3.46. The van der Waals surface area contributed by atoms with Crippen LogP contribution in [0.5, 0.6) is 0 Å². The SMILES string of the molecule is CCC(=S)NCc1cn(-c2ccc(C3=CCN(C(=O)c4ccc(C)o4)CC3)c(F)c2)nn1. The van der Waals surface area contributed by atoms with Gasteiger partial charge in [-0.2, -0.15) is 0 Å². The van der Waals surface area contributed by atoms with Crippen LogP contribution in [0.3, 0.4) is 0 Å². The van der Waals surface area contributed by atoms with E-state index in [1.165, 1.54) is 6.07 Å². The summed E-state index contributed by atoms with van der Waals surface area (Å²) in [6, 6.07) is 8.45. The minimum atomic E-state index is -0.336. The molecule has 0 bridgehead atoms. The predicted molar refractivity (Wildman–Crippen MR) is 123 cm³/mol. The molecule has 3 aromatic rings. The van der Waals surface area contributed by atoms with Gasteiger partial charge in [-0.25, -0.2) is 9.07 Å². The van der Waals surface area contributed by atoms with Crippen molar-refractivity contribution in [3.8, 4) is 5.69 Å². The second-order valence-corrected chi connectivity index (χ2v) is 8.08. The second kappa shape index (κ2) is 9.44. The Morgan fingerprint density at radius 3 is 2.81 bits per heavy atom.